The largest absolute Gasteiger partial charge is 0.501 e. The van der Waals surface area contributed by atoms with Gasteiger partial charge in [-0.05, 0) is 18.1 Å². The Kier molecular flexibility index (Phi) is 2.95. The number of ether oxygens (including phenoxy) is 1. The van der Waals surface area contributed by atoms with Crippen LogP contribution in [0.4, 0.5) is 0 Å². The molecule has 0 spiro atoms. The Morgan fingerprint density at radius 1 is 1.16 bits per heavy atom. The molecule has 0 radical (unpaired) electrons. The van der Waals surface area contributed by atoms with Crippen LogP contribution in [-0.2, 0) is 11.2 Å². The first-order valence-electron chi connectivity index (χ1n) is 6.34. The number of hydrogen-bond acceptors (Lipinski definition) is 2. The summed E-state index contributed by atoms with van der Waals surface area (Å²) in [5.74, 6) is 0.911. The minimum atomic E-state index is 0.0963. The normalized spacial score (nSPS) is 13.6. The van der Waals surface area contributed by atoms with E-state index in [0.717, 1.165) is 41.1 Å². The predicted octanol–water partition coefficient (Wildman–Crippen LogP) is 2.98. The highest BCUT2D eigenvalue weighted by Crippen LogP contribution is 2.23. The van der Waals surface area contributed by atoms with Crippen LogP contribution in [0.3, 0.4) is 0 Å². The summed E-state index contributed by atoms with van der Waals surface area (Å²) < 4.78 is 5.27. The van der Waals surface area contributed by atoms with Crippen molar-refractivity contribution in [3.8, 4) is 11.3 Å². The van der Waals surface area contributed by atoms with E-state index >= 15 is 0 Å². The van der Waals surface area contributed by atoms with Crippen molar-refractivity contribution in [2.75, 3.05) is 7.11 Å². The number of rotatable bonds is 2. The van der Waals surface area contributed by atoms with Crippen molar-refractivity contribution in [3.05, 3.63) is 63.6 Å². The van der Waals surface area contributed by atoms with E-state index in [1.807, 2.05) is 36.4 Å². The van der Waals surface area contributed by atoms with Gasteiger partial charge in [-0.25, -0.2) is 0 Å². The van der Waals surface area contributed by atoms with Crippen molar-refractivity contribution in [1.82, 2.24) is 4.98 Å². The molecular formula is C16H15NO2. The number of nitrogens with one attached hydrogen (secondary N) is 1. The van der Waals surface area contributed by atoms with Crippen molar-refractivity contribution in [3.63, 3.8) is 0 Å². The average Bonchev–Trinajstić information content (AvgIpc) is 2.47. The molecular weight excluding hydrogens is 238 g/mol. The first-order chi connectivity index (χ1) is 9.28. The minimum absolute atomic E-state index is 0.0963. The smallest absolute Gasteiger partial charge is 0.185 e. The highest BCUT2D eigenvalue weighted by molar-refractivity contribution is 5.63. The quantitative estimate of drug-likeness (QED) is 0.894. The number of aromatic amines is 1. The van der Waals surface area contributed by atoms with Gasteiger partial charge < -0.3 is 9.72 Å². The molecule has 2 aromatic rings. The third kappa shape index (κ3) is 2.19. The number of aromatic nitrogens is 1. The second kappa shape index (κ2) is 4.76. The van der Waals surface area contributed by atoms with Crippen LogP contribution in [0, 0.1) is 0 Å². The Labute approximate surface area is 111 Å². The maximum absolute atomic E-state index is 12.2. The van der Waals surface area contributed by atoms with Crippen LogP contribution in [-0.4, -0.2) is 12.1 Å². The molecule has 0 amide bonds. The van der Waals surface area contributed by atoms with Gasteiger partial charge in [0.2, 0.25) is 0 Å². The third-order valence-electron chi connectivity index (χ3n) is 3.44. The molecule has 0 aliphatic heterocycles. The molecule has 0 saturated carbocycles. The number of pyridine rings is 1. The van der Waals surface area contributed by atoms with E-state index in [4.69, 9.17) is 4.74 Å². The lowest BCUT2D eigenvalue weighted by molar-refractivity contribution is 0.279. The van der Waals surface area contributed by atoms with E-state index in [-0.39, 0.29) is 5.43 Å². The maximum atomic E-state index is 12.2. The number of fused-ring (bicyclic) bond motifs is 1. The van der Waals surface area contributed by atoms with Gasteiger partial charge in [0.15, 0.2) is 5.43 Å². The van der Waals surface area contributed by atoms with E-state index in [2.05, 4.69) is 4.98 Å². The molecule has 3 nitrogen and oxygen atoms in total. The average molecular weight is 253 g/mol. The van der Waals surface area contributed by atoms with E-state index in [0.29, 0.717) is 0 Å². The van der Waals surface area contributed by atoms with Gasteiger partial charge in [-0.2, -0.15) is 0 Å². The maximum Gasteiger partial charge on any atom is 0.185 e. The van der Waals surface area contributed by atoms with E-state index in [1.165, 1.54) is 0 Å². The summed E-state index contributed by atoms with van der Waals surface area (Å²) in [5, 5.41) is 0. The van der Waals surface area contributed by atoms with Crippen LogP contribution in [0.2, 0.25) is 0 Å². The van der Waals surface area contributed by atoms with Crippen molar-refractivity contribution >= 4 is 6.08 Å². The van der Waals surface area contributed by atoms with Crippen LogP contribution < -0.4 is 5.43 Å². The Morgan fingerprint density at radius 2 is 1.95 bits per heavy atom. The van der Waals surface area contributed by atoms with Gasteiger partial charge in [-0.3, -0.25) is 4.79 Å². The lowest BCUT2D eigenvalue weighted by atomic mass is 9.99. The molecule has 1 N–H and O–H groups in total. The molecule has 0 bridgehead atoms. The van der Waals surface area contributed by atoms with Crippen molar-refractivity contribution in [2.45, 2.75) is 12.8 Å². The zero-order valence-corrected chi connectivity index (χ0v) is 10.8. The third-order valence-corrected chi connectivity index (χ3v) is 3.44. The first kappa shape index (κ1) is 11.8. The topological polar surface area (TPSA) is 42.1 Å². The van der Waals surface area contributed by atoms with E-state index in [9.17, 15) is 4.79 Å². The summed E-state index contributed by atoms with van der Waals surface area (Å²) in [6.45, 7) is 0. The molecule has 1 aromatic heterocycles. The second-order valence-corrected chi connectivity index (χ2v) is 4.62. The van der Waals surface area contributed by atoms with Gasteiger partial charge in [0.1, 0.15) is 0 Å². The van der Waals surface area contributed by atoms with Crippen LogP contribution in [0.25, 0.3) is 17.3 Å². The fourth-order valence-electron chi connectivity index (χ4n) is 2.40. The molecule has 0 unspecified atom stereocenters. The molecule has 1 aliphatic carbocycles. The molecule has 3 rings (SSSR count). The van der Waals surface area contributed by atoms with Crippen LogP contribution >= 0.6 is 0 Å². The summed E-state index contributed by atoms with van der Waals surface area (Å²) in [6.07, 6.45) is 3.45. The summed E-state index contributed by atoms with van der Waals surface area (Å²) in [4.78, 5) is 15.5. The fraction of sp³-hybridized carbons (Fsp3) is 0.188. The second-order valence-electron chi connectivity index (χ2n) is 4.62. The highest BCUT2D eigenvalue weighted by atomic mass is 16.5. The SMILES string of the molecule is COC1=Cc2[nH]c(-c3ccccc3)cc(=O)c2CC1. The van der Waals surface area contributed by atoms with Crippen LogP contribution in [0.15, 0.2) is 47.0 Å². The highest BCUT2D eigenvalue weighted by Gasteiger charge is 2.15. The van der Waals surface area contributed by atoms with Gasteiger partial charge in [0, 0.05) is 29.4 Å². The van der Waals surface area contributed by atoms with Gasteiger partial charge in [0.25, 0.3) is 0 Å². The Morgan fingerprint density at radius 3 is 2.68 bits per heavy atom. The lowest BCUT2D eigenvalue weighted by Crippen LogP contribution is -2.16. The molecule has 1 aromatic carbocycles. The fourth-order valence-corrected chi connectivity index (χ4v) is 2.40. The monoisotopic (exact) mass is 253 g/mol. The molecule has 96 valence electrons. The molecule has 3 heteroatoms. The minimum Gasteiger partial charge on any atom is -0.501 e. The summed E-state index contributed by atoms with van der Waals surface area (Å²) >= 11 is 0. The molecule has 19 heavy (non-hydrogen) atoms. The lowest BCUT2D eigenvalue weighted by Gasteiger charge is -2.16. The first-order valence-corrected chi connectivity index (χ1v) is 6.34. The predicted molar refractivity (Wildman–Crippen MR) is 75.8 cm³/mol. The van der Waals surface area contributed by atoms with Crippen molar-refractivity contribution in [2.24, 2.45) is 0 Å². The molecule has 1 heterocycles. The molecule has 0 fully saturated rings. The zero-order chi connectivity index (χ0) is 13.2. The Bertz CT molecular complexity index is 684. The van der Waals surface area contributed by atoms with Gasteiger partial charge in [0.05, 0.1) is 12.9 Å². The van der Waals surface area contributed by atoms with Gasteiger partial charge in [-0.15, -0.1) is 0 Å². The summed E-state index contributed by atoms with van der Waals surface area (Å²) in [5.41, 5.74) is 3.67. The number of methoxy groups -OCH3 is 1. The van der Waals surface area contributed by atoms with Crippen molar-refractivity contribution < 1.29 is 4.74 Å². The Hall–Kier alpha value is -2.29. The molecule has 0 atom stereocenters. The van der Waals surface area contributed by atoms with Crippen molar-refractivity contribution in [1.29, 1.82) is 0 Å². The van der Waals surface area contributed by atoms with Crippen LogP contribution in [0.1, 0.15) is 17.7 Å². The number of H-pyrrole nitrogens is 1. The van der Waals surface area contributed by atoms with E-state index < -0.39 is 0 Å². The van der Waals surface area contributed by atoms with Gasteiger partial charge >= 0.3 is 0 Å². The van der Waals surface area contributed by atoms with Gasteiger partial charge in [-0.1, -0.05) is 30.3 Å². The Balaban J connectivity index is 2.15. The number of allylic oxidation sites excluding steroid dienone is 1. The standard InChI is InChI=1S/C16H15NO2/c1-19-12-7-8-13-15(9-12)17-14(10-16(13)18)11-5-3-2-4-6-11/h2-6,9-10H,7-8H2,1H3,(H,17,18). The van der Waals surface area contributed by atoms with Crippen LogP contribution in [0.5, 0.6) is 0 Å². The van der Waals surface area contributed by atoms with E-state index in [1.54, 1.807) is 13.2 Å². The summed E-state index contributed by atoms with van der Waals surface area (Å²) in [7, 11) is 1.66. The molecule has 0 saturated heterocycles. The number of benzene rings is 1. The number of hydrogen-bond donors (Lipinski definition) is 1. The summed E-state index contributed by atoms with van der Waals surface area (Å²) in [6, 6.07) is 11.5. The zero-order valence-electron chi connectivity index (χ0n) is 10.8. The molecule has 1 aliphatic rings.